The van der Waals surface area contributed by atoms with Crippen LogP contribution in [0.2, 0.25) is 0 Å². The van der Waals surface area contributed by atoms with Crippen molar-refractivity contribution in [2.75, 3.05) is 13.2 Å². The number of hydrogen-bond acceptors (Lipinski definition) is 10. The normalized spacial score (nSPS) is 19.1. The third kappa shape index (κ3) is 48.3. The van der Waals surface area contributed by atoms with Gasteiger partial charge in [-0.2, -0.15) is 0 Å². The van der Waals surface area contributed by atoms with Crippen LogP contribution in [0.5, 0.6) is 0 Å². The Morgan fingerprint density at radius 1 is 0.417 bits per heavy atom. The molecule has 1 saturated heterocycles. The molecule has 496 valence electrons. The fraction of sp³-hybridized carbons (Fsp3) is 0.904. The van der Waals surface area contributed by atoms with E-state index in [4.69, 9.17) is 9.47 Å². The lowest BCUT2D eigenvalue weighted by Crippen LogP contribution is -2.60. The van der Waals surface area contributed by atoms with E-state index in [-0.39, 0.29) is 12.8 Å². The summed E-state index contributed by atoms with van der Waals surface area (Å²) in [6, 6.07) is -1.19. The molecule has 11 nitrogen and oxygen atoms in total. The minimum atomic E-state index is -1.67. The van der Waals surface area contributed by atoms with E-state index in [1.54, 1.807) is 0 Å². The first-order valence-electron chi connectivity index (χ1n) is 36.4. The Hall–Kier alpha value is -1.67. The number of nitrogens with one attached hydrogen (secondary N) is 1. The standard InChI is InChI=1S/C73H139NO10/c1-3-5-7-9-11-13-15-17-19-21-23-25-27-29-31-32-33-34-35-37-38-40-42-44-46-48-50-52-54-56-58-60-65(76)68(78)64(63-83-73-71(81)70(80)69(79)67(62-75)84-73)74-72(82)66(77)61-59-57-55-53-51-49-47-45-43-41-39-36-30-28-26-24-22-20-18-16-14-12-10-8-6-4-2/h24,26,30,36,52,54,64-71,73,75-81H,3-23,25,27-29,31-35,37-51,53,55-63H2,1-2H3,(H,74,82)/b26-24-,36-30-,54-52+. The second kappa shape index (κ2) is 61.6. The van der Waals surface area contributed by atoms with E-state index in [9.17, 15) is 40.5 Å². The van der Waals surface area contributed by atoms with Gasteiger partial charge in [0, 0.05) is 0 Å². The van der Waals surface area contributed by atoms with Crippen LogP contribution in [-0.2, 0) is 14.3 Å². The van der Waals surface area contributed by atoms with Gasteiger partial charge in [-0.05, 0) is 70.6 Å². The van der Waals surface area contributed by atoms with Gasteiger partial charge in [0.15, 0.2) is 6.29 Å². The van der Waals surface area contributed by atoms with Crippen LogP contribution in [0.15, 0.2) is 36.5 Å². The van der Waals surface area contributed by atoms with Crippen molar-refractivity contribution in [1.82, 2.24) is 5.32 Å². The second-order valence-corrected chi connectivity index (χ2v) is 25.7. The van der Waals surface area contributed by atoms with E-state index in [0.717, 1.165) is 51.4 Å². The molecule has 0 saturated carbocycles. The van der Waals surface area contributed by atoms with Crippen molar-refractivity contribution >= 4 is 5.91 Å². The van der Waals surface area contributed by atoms with Crippen molar-refractivity contribution < 1.29 is 50.0 Å². The zero-order valence-electron chi connectivity index (χ0n) is 54.9. The summed E-state index contributed by atoms with van der Waals surface area (Å²) >= 11 is 0. The van der Waals surface area contributed by atoms with Gasteiger partial charge >= 0.3 is 0 Å². The average Bonchev–Trinajstić information content (AvgIpc) is 3.66. The van der Waals surface area contributed by atoms with Crippen LogP contribution in [0.25, 0.3) is 0 Å². The van der Waals surface area contributed by atoms with Crippen LogP contribution in [0.1, 0.15) is 354 Å². The van der Waals surface area contributed by atoms with Gasteiger partial charge in [0.2, 0.25) is 5.91 Å². The molecule has 9 atom stereocenters. The van der Waals surface area contributed by atoms with Gasteiger partial charge in [-0.25, -0.2) is 0 Å². The molecule has 9 unspecified atom stereocenters. The van der Waals surface area contributed by atoms with Crippen LogP contribution in [0.4, 0.5) is 0 Å². The number of aliphatic hydroxyl groups is 7. The summed E-state index contributed by atoms with van der Waals surface area (Å²) in [6.45, 7) is 3.50. The van der Waals surface area contributed by atoms with Crippen molar-refractivity contribution in [3.8, 4) is 0 Å². The maximum Gasteiger partial charge on any atom is 0.249 e. The highest BCUT2D eigenvalue weighted by Crippen LogP contribution is 2.24. The molecule has 0 spiro atoms. The van der Waals surface area contributed by atoms with Crippen LogP contribution >= 0.6 is 0 Å². The summed E-state index contributed by atoms with van der Waals surface area (Å²) in [4.78, 5) is 13.3. The van der Waals surface area contributed by atoms with Gasteiger partial charge in [-0.3, -0.25) is 4.79 Å². The van der Waals surface area contributed by atoms with Crippen LogP contribution < -0.4 is 5.32 Å². The summed E-state index contributed by atoms with van der Waals surface area (Å²) in [5, 5.41) is 76.5. The van der Waals surface area contributed by atoms with Crippen LogP contribution in [0.3, 0.4) is 0 Å². The fourth-order valence-corrected chi connectivity index (χ4v) is 11.8. The zero-order valence-corrected chi connectivity index (χ0v) is 54.9. The van der Waals surface area contributed by atoms with E-state index in [2.05, 4.69) is 55.6 Å². The number of ether oxygens (including phenoxy) is 2. The Labute approximate surface area is 517 Å². The van der Waals surface area contributed by atoms with E-state index in [0.29, 0.717) is 12.8 Å². The molecule has 1 amide bonds. The number of carbonyl (C=O) groups excluding carboxylic acids is 1. The highest BCUT2D eigenvalue weighted by Gasteiger charge is 2.44. The monoisotopic (exact) mass is 1190 g/mol. The SMILES string of the molecule is CCCCCCCCCCC/C=C\C/C=C\CCCCCCCCCCCCC(O)C(=O)NC(COC1OC(CO)C(O)C(O)C1O)C(O)C(O)CCC/C=C/CCCCCCCCCCCCCCCCCCCCCCCCCCCC. The maximum absolute atomic E-state index is 13.3. The van der Waals surface area contributed by atoms with E-state index in [1.807, 2.05) is 0 Å². The summed E-state index contributed by atoms with van der Waals surface area (Å²) in [5.41, 5.74) is 0. The van der Waals surface area contributed by atoms with Crippen molar-refractivity contribution in [3.05, 3.63) is 36.5 Å². The first kappa shape index (κ1) is 80.3. The number of aliphatic hydroxyl groups excluding tert-OH is 7. The molecule has 0 aromatic rings. The number of unbranched alkanes of at least 4 members (excludes halogenated alkanes) is 46. The molecule has 0 aromatic carbocycles. The van der Waals surface area contributed by atoms with Crippen molar-refractivity contribution in [1.29, 1.82) is 0 Å². The first-order chi connectivity index (χ1) is 41.2. The lowest BCUT2D eigenvalue weighted by molar-refractivity contribution is -0.303. The Kier molecular flexibility index (Phi) is 58.9. The lowest BCUT2D eigenvalue weighted by Gasteiger charge is -2.40. The predicted octanol–water partition coefficient (Wildman–Crippen LogP) is 17.8. The Morgan fingerprint density at radius 2 is 0.738 bits per heavy atom. The minimum Gasteiger partial charge on any atom is -0.394 e. The Morgan fingerprint density at radius 3 is 1.10 bits per heavy atom. The Balaban J connectivity index is 2.20. The number of hydrogen-bond donors (Lipinski definition) is 8. The van der Waals surface area contributed by atoms with Crippen LogP contribution in [-0.4, -0.2) is 110 Å². The zero-order chi connectivity index (χ0) is 61.0. The van der Waals surface area contributed by atoms with Gasteiger partial charge < -0.3 is 50.5 Å². The molecule has 1 aliphatic rings. The Bertz CT molecular complexity index is 1460. The molecule has 1 fully saturated rings. The molecule has 84 heavy (non-hydrogen) atoms. The fourth-order valence-electron chi connectivity index (χ4n) is 11.8. The van der Waals surface area contributed by atoms with Crippen molar-refractivity contribution in [3.63, 3.8) is 0 Å². The topological polar surface area (TPSA) is 189 Å². The van der Waals surface area contributed by atoms with Crippen LogP contribution in [0, 0.1) is 0 Å². The van der Waals surface area contributed by atoms with Gasteiger partial charge in [0.25, 0.3) is 0 Å². The highest BCUT2D eigenvalue weighted by atomic mass is 16.7. The number of allylic oxidation sites excluding steroid dienone is 6. The highest BCUT2D eigenvalue weighted by molar-refractivity contribution is 5.80. The summed E-state index contributed by atoms with van der Waals surface area (Å²) in [7, 11) is 0. The quantitative estimate of drug-likeness (QED) is 0.0215. The third-order valence-electron chi connectivity index (χ3n) is 17.7. The molecule has 0 aromatic heterocycles. The molecule has 1 heterocycles. The second-order valence-electron chi connectivity index (χ2n) is 25.7. The smallest absolute Gasteiger partial charge is 0.249 e. The van der Waals surface area contributed by atoms with E-state index >= 15 is 0 Å². The van der Waals surface area contributed by atoms with Crippen molar-refractivity contribution in [2.45, 2.75) is 409 Å². The van der Waals surface area contributed by atoms with Crippen molar-refractivity contribution in [2.24, 2.45) is 0 Å². The summed E-state index contributed by atoms with van der Waals surface area (Å²) in [5.74, 6) is -0.704. The summed E-state index contributed by atoms with van der Waals surface area (Å²) < 4.78 is 11.2. The lowest BCUT2D eigenvalue weighted by atomic mass is 9.98. The molecule has 8 N–H and O–H groups in total. The first-order valence-corrected chi connectivity index (χ1v) is 36.4. The van der Waals surface area contributed by atoms with Gasteiger partial charge in [0.05, 0.1) is 25.4 Å². The van der Waals surface area contributed by atoms with Gasteiger partial charge in [0.1, 0.15) is 36.6 Å². The van der Waals surface area contributed by atoms with E-state index in [1.165, 1.54) is 263 Å². The molecule has 0 bridgehead atoms. The molecule has 11 heteroatoms. The maximum atomic E-state index is 13.3. The minimum absolute atomic E-state index is 0.251. The molecular formula is C73H139NO10. The molecule has 1 aliphatic heterocycles. The number of carbonyl (C=O) groups is 1. The molecule has 0 radical (unpaired) electrons. The average molecular weight is 1190 g/mol. The third-order valence-corrected chi connectivity index (χ3v) is 17.7. The van der Waals surface area contributed by atoms with Gasteiger partial charge in [-0.1, -0.05) is 320 Å². The number of rotatable bonds is 64. The predicted molar refractivity (Wildman–Crippen MR) is 353 cm³/mol. The molecule has 1 rings (SSSR count). The number of amides is 1. The molecule has 0 aliphatic carbocycles. The largest absolute Gasteiger partial charge is 0.394 e. The molecular weight excluding hydrogens is 1050 g/mol. The van der Waals surface area contributed by atoms with Gasteiger partial charge in [-0.15, -0.1) is 0 Å². The van der Waals surface area contributed by atoms with E-state index < -0.39 is 74.2 Å². The summed E-state index contributed by atoms with van der Waals surface area (Å²) in [6.07, 6.45) is 68.1.